The molecule has 120 valence electrons. The van der Waals surface area contributed by atoms with E-state index < -0.39 is 36.7 Å². The third kappa shape index (κ3) is 3.93. The van der Waals surface area contributed by atoms with Gasteiger partial charge in [0.05, 0.1) is 5.92 Å². The highest BCUT2D eigenvalue weighted by Gasteiger charge is 2.42. The van der Waals surface area contributed by atoms with Gasteiger partial charge < -0.3 is 0 Å². The highest BCUT2D eigenvalue weighted by molar-refractivity contribution is 5.76. The topological polar surface area (TPSA) is 0 Å². The third-order valence-corrected chi connectivity index (χ3v) is 3.57. The number of hydrogen-bond donors (Lipinski definition) is 0. The number of rotatable bonds is 1. The monoisotopic (exact) mass is 320 g/mol. The van der Waals surface area contributed by atoms with Crippen LogP contribution in [0.15, 0.2) is 42.0 Å². The minimum Gasteiger partial charge on any atom is -0.170 e. The molecule has 0 bridgehead atoms. The van der Waals surface area contributed by atoms with E-state index in [1.165, 1.54) is 6.07 Å². The first kappa shape index (κ1) is 16.6. The molecule has 1 aromatic rings. The van der Waals surface area contributed by atoms with Gasteiger partial charge in [-0.15, -0.1) is 0 Å². The van der Waals surface area contributed by atoms with E-state index in [2.05, 4.69) is 0 Å². The van der Waals surface area contributed by atoms with Crippen molar-refractivity contribution in [3.05, 3.63) is 53.1 Å². The van der Waals surface area contributed by atoms with Crippen molar-refractivity contribution in [3.8, 4) is 0 Å². The van der Waals surface area contributed by atoms with Crippen LogP contribution in [-0.2, 0) is 0 Å². The van der Waals surface area contributed by atoms with Crippen LogP contribution in [0.5, 0.6) is 0 Å². The summed E-state index contributed by atoms with van der Waals surface area (Å²) in [4.78, 5) is 0. The molecule has 0 spiro atoms. The highest BCUT2D eigenvalue weighted by Crippen LogP contribution is 2.41. The lowest BCUT2D eigenvalue weighted by Gasteiger charge is -2.16. The SMILES string of the molecule is Cc1cccc(C2=CC(C(F)(F)F)CCC(C(F)(F)F)=C2)c1. The van der Waals surface area contributed by atoms with E-state index in [1.807, 2.05) is 0 Å². The van der Waals surface area contributed by atoms with Crippen molar-refractivity contribution >= 4 is 5.57 Å². The number of benzene rings is 1. The number of alkyl halides is 6. The normalized spacial score (nSPS) is 20.2. The lowest BCUT2D eigenvalue weighted by atomic mass is 9.98. The number of aryl methyl sites for hydroxylation is 1. The fraction of sp³-hybridized carbons (Fsp3) is 0.375. The Hall–Kier alpha value is -1.72. The molecule has 22 heavy (non-hydrogen) atoms. The van der Waals surface area contributed by atoms with E-state index in [1.54, 1.807) is 25.1 Å². The second-order valence-electron chi connectivity index (χ2n) is 5.35. The zero-order chi connectivity index (χ0) is 16.5. The van der Waals surface area contributed by atoms with Gasteiger partial charge in [-0.25, -0.2) is 0 Å². The molecular weight excluding hydrogens is 306 g/mol. The molecule has 1 aliphatic rings. The van der Waals surface area contributed by atoms with Crippen molar-refractivity contribution in [2.24, 2.45) is 5.92 Å². The highest BCUT2D eigenvalue weighted by atomic mass is 19.4. The van der Waals surface area contributed by atoms with Crippen LogP contribution in [0.4, 0.5) is 26.3 Å². The maximum Gasteiger partial charge on any atom is 0.412 e. The quantitative estimate of drug-likeness (QED) is 0.570. The van der Waals surface area contributed by atoms with Gasteiger partial charge in [0.25, 0.3) is 0 Å². The summed E-state index contributed by atoms with van der Waals surface area (Å²) in [6.07, 6.45) is -8.68. The van der Waals surface area contributed by atoms with E-state index in [4.69, 9.17) is 0 Å². The third-order valence-electron chi connectivity index (χ3n) is 3.57. The fourth-order valence-corrected chi connectivity index (χ4v) is 2.40. The molecule has 0 radical (unpaired) electrons. The van der Waals surface area contributed by atoms with Crippen molar-refractivity contribution in [3.63, 3.8) is 0 Å². The molecule has 1 unspecified atom stereocenters. The van der Waals surface area contributed by atoms with Gasteiger partial charge in [0.1, 0.15) is 0 Å². The fourth-order valence-electron chi connectivity index (χ4n) is 2.40. The molecule has 1 atom stereocenters. The van der Waals surface area contributed by atoms with E-state index in [0.29, 0.717) is 5.56 Å². The summed E-state index contributed by atoms with van der Waals surface area (Å²) in [5.74, 6) is -1.88. The van der Waals surface area contributed by atoms with Crippen LogP contribution in [0, 0.1) is 12.8 Å². The van der Waals surface area contributed by atoms with Gasteiger partial charge in [0, 0.05) is 5.57 Å². The standard InChI is InChI=1S/C16H14F6/c1-10-3-2-4-11(7-10)12-8-13(15(17,18)19)5-6-14(9-12)16(20,21)22/h2-4,7-9,13H,5-6H2,1H3. The average Bonchev–Trinajstić information content (AvgIpc) is 2.60. The molecule has 0 saturated heterocycles. The maximum atomic E-state index is 13.0. The Morgan fingerprint density at radius 3 is 2.27 bits per heavy atom. The number of allylic oxidation sites excluding steroid dienone is 4. The summed E-state index contributed by atoms with van der Waals surface area (Å²) in [5, 5.41) is 0. The zero-order valence-corrected chi connectivity index (χ0v) is 11.7. The van der Waals surface area contributed by atoms with Crippen LogP contribution in [0.1, 0.15) is 24.0 Å². The number of halogens is 6. The van der Waals surface area contributed by atoms with E-state index in [9.17, 15) is 26.3 Å². The summed E-state index contributed by atoms with van der Waals surface area (Å²) in [5.41, 5.74) is 0.175. The summed E-state index contributed by atoms with van der Waals surface area (Å²) < 4.78 is 77.7. The minimum absolute atomic E-state index is 0.0316. The maximum absolute atomic E-state index is 13.0. The molecule has 0 amide bonds. The Kier molecular flexibility index (Phi) is 4.40. The van der Waals surface area contributed by atoms with E-state index in [-0.39, 0.29) is 5.57 Å². The molecule has 0 saturated carbocycles. The predicted molar refractivity (Wildman–Crippen MR) is 72.1 cm³/mol. The van der Waals surface area contributed by atoms with Crippen LogP contribution in [0.25, 0.3) is 5.57 Å². The summed E-state index contributed by atoms with van der Waals surface area (Å²) in [6, 6.07) is 6.44. The van der Waals surface area contributed by atoms with Gasteiger partial charge in [-0.2, -0.15) is 26.3 Å². The summed E-state index contributed by atoms with van der Waals surface area (Å²) in [7, 11) is 0. The summed E-state index contributed by atoms with van der Waals surface area (Å²) in [6.45, 7) is 1.73. The van der Waals surface area contributed by atoms with Crippen molar-refractivity contribution in [1.29, 1.82) is 0 Å². The molecule has 0 heterocycles. The second-order valence-corrected chi connectivity index (χ2v) is 5.35. The second kappa shape index (κ2) is 5.82. The molecule has 0 aromatic heterocycles. The molecule has 1 aliphatic carbocycles. The average molecular weight is 320 g/mol. The number of hydrogen-bond acceptors (Lipinski definition) is 0. The minimum atomic E-state index is -4.62. The van der Waals surface area contributed by atoms with Crippen LogP contribution >= 0.6 is 0 Å². The van der Waals surface area contributed by atoms with Gasteiger partial charge in [-0.05, 0) is 37.0 Å². The van der Waals surface area contributed by atoms with Gasteiger partial charge in [-0.1, -0.05) is 35.9 Å². The Morgan fingerprint density at radius 2 is 1.73 bits per heavy atom. The summed E-state index contributed by atoms with van der Waals surface area (Å²) >= 11 is 0. The molecule has 2 rings (SSSR count). The molecule has 6 heteroatoms. The van der Waals surface area contributed by atoms with Gasteiger partial charge in [-0.3, -0.25) is 0 Å². The van der Waals surface area contributed by atoms with Crippen molar-refractivity contribution in [2.45, 2.75) is 32.1 Å². The van der Waals surface area contributed by atoms with E-state index in [0.717, 1.165) is 17.7 Å². The lowest BCUT2D eigenvalue weighted by Crippen LogP contribution is -2.21. The van der Waals surface area contributed by atoms with Gasteiger partial charge in [0.2, 0.25) is 0 Å². The predicted octanol–water partition coefficient (Wildman–Crippen LogP) is 5.84. The molecule has 1 aromatic carbocycles. The largest absolute Gasteiger partial charge is 0.412 e. The van der Waals surface area contributed by atoms with Crippen molar-refractivity contribution in [2.75, 3.05) is 0 Å². The van der Waals surface area contributed by atoms with Crippen LogP contribution in [-0.4, -0.2) is 12.4 Å². The molecule has 0 fully saturated rings. The van der Waals surface area contributed by atoms with Crippen LogP contribution < -0.4 is 0 Å². The Morgan fingerprint density at radius 1 is 1.05 bits per heavy atom. The lowest BCUT2D eigenvalue weighted by molar-refractivity contribution is -0.163. The first-order valence-electron chi connectivity index (χ1n) is 6.71. The van der Waals surface area contributed by atoms with Gasteiger partial charge >= 0.3 is 12.4 Å². The molecular formula is C16H14F6. The Balaban J connectivity index is 2.51. The smallest absolute Gasteiger partial charge is 0.170 e. The van der Waals surface area contributed by atoms with Crippen LogP contribution in [0.2, 0.25) is 0 Å². The molecule has 0 N–H and O–H groups in total. The molecule has 0 nitrogen and oxygen atoms in total. The van der Waals surface area contributed by atoms with Gasteiger partial charge in [0.15, 0.2) is 0 Å². The first-order valence-corrected chi connectivity index (χ1v) is 6.71. The molecule has 0 aliphatic heterocycles. The van der Waals surface area contributed by atoms with Crippen molar-refractivity contribution < 1.29 is 26.3 Å². The first-order chi connectivity index (χ1) is 10.1. The zero-order valence-electron chi connectivity index (χ0n) is 11.7. The Labute approximate surface area is 124 Å². The van der Waals surface area contributed by atoms with Crippen molar-refractivity contribution in [1.82, 2.24) is 0 Å². The van der Waals surface area contributed by atoms with E-state index >= 15 is 0 Å². The van der Waals surface area contributed by atoms with Crippen LogP contribution in [0.3, 0.4) is 0 Å². The Bertz CT molecular complexity index is 604.